The van der Waals surface area contributed by atoms with Crippen LogP contribution in [0, 0.1) is 12.7 Å². The maximum absolute atomic E-state index is 13.8. The van der Waals surface area contributed by atoms with Gasteiger partial charge in [0.25, 0.3) is 0 Å². The highest BCUT2D eigenvalue weighted by Crippen LogP contribution is 2.46. The minimum atomic E-state index is -1.15. The number of aryl methyl sites for hydroxylation is 1. The van der Waals surface area contributed by atoms with Crippen LogP contribution in [0.25, 0.3) is 28.2 Å². The summed E-state index contributed by atoms with van der Waals surface area (Å²) in [7, 11) is 0. The summed E-state index contributed by atoms with van der Waals surface area (Å²) in [5, 5.41) is 35.0. The first-order chi connectivity index (χ1) is 16.5. The molecule has 1 fully saturated rings. The third kappa shape index (κ3) is 5.44. The van der Waals surface area contributed by atoms with Crippen LogP contribution in [0.5, 0.6) is 0 Å². The van der Waals surface area contributed by atoms with Gasteiger partial charge >= 0.3 is 5.97 Å². The summed E-state index contributed by atoms with van der Waals surface area (Å²) in [4.78, 5) is 15.9. The summed E-state index contributed by atoms with van der Waals surface area (Å²) in [5.41, 5.74) is 4.69. The van der Waals surface area contributed by atoms with Gasteiger partial charge in [-0.25, -0.2) is 14.1 Å². The highest BCUT2D eigenvalue weighted by molar-refractivity contribution is 6.00. The number of aliphatic hydroxyl groups excluding tert-OH is 2. The van der Waals surface area contributed by atoms with E-state index in [1.807, 2.05) is 11.6 Å². The Labute approximate surface area is 203 Å². The van der Waals surface area contributed by atoms with Gasteiger partial charge in [0.05, 0.1) is 40.9 Å². The van der Waals surface area contributed by atoms with Crippen molar-refractivity contribution in [3.8, 4) is 11.1 Å². The third-order valence-corrected chi connectivity index (χ3v) is 6.20. The molecular weight excluding hydrogens is 449 g/mol. The van der Waals surface area contributed by atoms with E-state index < -0.39 is 24.6 Å². The molecule has 0 aliphatic heterocycles. The molecule has 2 unspecified atom stereocenters. The van der Waals surface area contributed by atoms with Crippen LogP contribution in [-0.4, -0.2) is 48.3 Å². The summed E-state index contributed by atoms with van der Waals surface area (Å²) < 4.78 is 15.7. The number of aliphatic carboxylic acids is 1. The number of hydrogen-bond acceptors (Lipinski definition) is 5. The van der Waals surface area contributed by atoms with Crippen molar-refractivity contribution in [3.05, 3.63) is 53.1 Å². The quantitative estimate of drug-likeness (QED) is 0.427. The second-order valence-corrected chi connectivity index (χ2v) is 10.3. The van der Waals surface area contributed by atoms with Gasteiger partial charge in [-0.05, 0) is 58.2 Å². The first-order valence-corrected chi connectivity index (χ1v) is 11.9. The van der Waals surface area contributed by atoms with Crippen molar-refractivity contribution >= 4 is 23.1 Å². The van der Waals surface area contributed by atoms with Gasteiger partial charge in [0.15, 0.2) is 5.65 Å². The fourth-order valence-corrected chi connectivity index (χ4v) is 4.42. The molecule has 2 aromatic heterocycles. The largest absolute Gasteiger partial charge is 0.481 e. The average Bonchev–Trinajstić information content (AvgIpc) is 3.54. The van der Waals surface area contributed by atoms with E-state index >= 15 is 0 Å². The third-order valence-electron chi connectivity index (χ3n) is 6.20. The standard InChI is InChI=1S/C27H32FN3O4/c1-15-23-24(16-7-9-18(28)10-8-16)21(12-11-19(32)13-20(33)14-22(34)35)25(17-5-6-17)29-26(23)31(30-15)27(2,3)4/h7-12,17,19-20,32-33H,5-6,13-14H2,1-4H3,(H,34,35)/b12-11+. The van der Waals surface area contributed by atoms with Gasteiger partial charge in [0.2, 0.25) is 0 Å². The Morgan fingerprint density at radius 2 is 1.89 bits per heavy atom. The number of aliphatic hydroxyl groups is 2. The number of benzene rings is 1. The van der Waals surface area contributed by atoms with Crippen molar-refractivity contribution in [1.29, 1.82) is 0 Å². The Hall–Kier alpha value is -3.10. The van der Waals surface area contributed by atoms with Crippen LogP contribution in [0.1, 0.15) is 69.3 Å². The van der Waals surface area contributed by atoms with Gasteiger partial charge in [-0.3, -0.25) is 4.79 Å². The lowest BCUT2D eigenvalue weighted by molar-refractivity contribution is -0.139. The van der Waals surface area contributed by atoms with Gasteiger partial charge in [-0.2, -0.15) is 5.10 Å². The number of pyridine rings is 1. The molecule has 35 heavy (non-hydrogen) atoms. The fourth-order valence-electron chi connectivity index (χ4n) is 4.42. The number of nitrogens with zero attached hydrogens (tertiary/aromatic N) is 3. The highest BCUT2D eigenvalue weighted by Gasteiger charge is 2.32. The summed E-state index contributed by atoms with van der Waals surface area (Å²) in [6.07, 6.45) is 2.66. The molecule has 1 saturated carbocycles. The van der Waals surface area contributed by atoms with Gasteiger partial charge in [0.1, 0.15) is 5.82 Å². The molecule has 0 saturated heterocycles. The van der Waals surface area contributed by atoms with Crippen molar-refractivity contribution in [2.24, 2.45) is 0 Å². The molecule has 4 rings (SSSR count). The minimum Gasteiger partial charge on any atom is -0.481 e. The molecule has 0 radical (unpaired) electrons. The molecule has 0 bridgehead atoms. The number of aromatic nitrogens is 3. The Kier molecular flexibility index (Phi) is 6.79. The van der Waals surface area contributed by atoms with Gasteiger partial charge in [-0.1, -0.05) is 24.3 Å². The predicted octanol–water partition coefficient (Wildman–Crippen LogP) is 4.78. The van der Waals surface area contributed by atoms with Gasteiger partial charge < -0.3 is 15.3 Å². The fraction of sp³-hybridized carbons (Fsp3) is 0.444. The van der Waals surface area contributed by atoms with Gasteiger partial charge in [-0.15, -0.1) is 0 Å². The number of carboxylic acids is 1. The molecular formula is C27H32FN3O4. The number of halogens is 1. The number of hydrogen-bond donors (Lipinski definition) is 3. The Balaban J connectivity index is 1.91. The molecule has 1 aliphatic carbocycles. The zero-order valence-electron chi connectivity index (χ0n) is 20.5. The highest BCUT2D eigenvalue weighted by atomic mass is 19.1. The first kappa shape index (κ1) is 25.0. The molecule has 2 atom stereocenters. The topological polar surface area (TPSA) is 108 Å². The predicted molar refractivity (Wildman–Crippen MR) is 133 cm³/mol. The summed E-state index contributed by atoms with van der Waals surface area (Å²) >= 11 is 0. The zero-order chi connectivity index (χ0) is 25.5. The van der Waals surface area contributed by atoms with Crippen LogP contribution in [0.2, 0.25) is 0 Å². The minimum absolute atomic E-state index is 0.0932. The summed E-state index contributed by atoms with van der Waals surface area (Å²) in [5.74, 6) is -1.18. The first-order valence-electron chi connectivity index (χ1n) is 11.9. The number of fused-ring (bicyclic) bond motifs is 1. The van der Waals surface area contributed by atoms with Gasteiger partial charge in [0, 0.05) is 23.5 Å². The van der Waals surface area contributed by atoms with E-state index in [9.17, 15) is 19.4 Å². The van der Waals surface area contributed by atoms with Crippen molar-refractivity contribution in [2.45, 2.75) is 77.0 Å². The van der Waals surface area contributed by atoms with Crippen LogP contribution < -0.4 is 0 Å². The molecule has 3 aromatic rings. The van der Waals surface area contributed by atoms with E-state index in [1.165, 1.54) is 12.1 Å². The van der Waals surface area contributed by atoms with E-state index in [1.54, 1.807) is 24.3 Å². The molecule has 0 spiro atoms. The average molecular weight is 482 g/mol. The van der Waals surface area contributed by atoms with E-state index in [2.05, 4.69) is 20.8 Å². The smallest absolute Gasteiger partial charge is 0.305 e. The second kappa shape index (κ2) is 9.51. The molecule has 2 heterocycles. The molecule has 1 aromatic carbocycles. The normalized spacial score (nSPS) is 16.2. The van der Waals surface area contributed by atoms with Crippen LogP contribution in [0.4, 0.5) is 4.39 Å². The van der Waals surface area contributed by atoms with E-state index in [0.29, 0.717) is 0 Å². The SMILES string of the molecule is Cc1nn(C(C)(C)C)c2nc(C3CC3)c(/C=C/C(O)CC(O)CC(=O)O)c(-c3ccc(F)cc3)c12. The van der Waals surface area contributed by atoms with Crippen LogP contribution >= 0.6 is 0 Å². The molecule has 3 N–H and O–H groups in total. The zero-order valence-corrected chi connectivity index (χ0v) is 20.5. The second-order valence-electron chi connectivity index (χ2n) is 10.3. The number of rotatable bonds is 8. The molecule has 1 aliphatic rings. The number of carbonyl (C=O) groups is 1. The van der Waals surface area contributed by atoms with Crippen molar-refractivity contribution in [2.75, 3.05) is 0 Å². The maximum Gasteiger partial charge on any atom is 0.305 e. The Bertz CT molecular complexity index is 1270. The van der Waals surface area contributed by atoms with E-state index in [-0.39, 0.29) is 23.7 Å². The molecule has 8 heteroatoms. The maximum atomic E-state index is 13.8. The monoisotopic (exact) mass is 481 g/mol. The van der Waals surface area contributed by atoms with Crippen molar-refractivity contribution < 1.29 is 24.5 Å². The van der Waals surface area contributed by atoms with E-state index in [0.717, 1.165) is 52.0 Å². The van der Waals surface area contributed by atoms with E-state index in [4.69, 9.17) is 15.2 Å². The Morgan fingerprint density at radius 1 is 1.23 bits per heavy atom. The Morgan fingerprint density at radius 3 is 2.46 bits per heavy atom. The van der Waals surface area contributed by atoms with Crippen LogP contribution in [0.3, 0.4) is 0 Å². The van der Waals surface area contributed by atoms with Crippen molar-refractivity contribution in [3.63, 3.8) is 0 Å². The number of carboxylic acid groups (broad SMARTS) is 1. The lowest BCUT2D eigenvalue weighted by atomic mass is 9.92. The lowest BCUT2D eigenvalue weighted by Gasteiger charge is -2.21. The molecule has 7 nitrogen and oxygen atoms in total. The van der Waals surface area contributed by atoms with Crippen LogP contribution in [0.15, 0.2) is 30.3 Å². The summed E-state index contributed by atoms with van der Waals surface area (Å²) in [6, 6.07) is 6.32. The van der Waals surface area contributed by atoms with Crippen LogP contribution in [-0.2, 0) is 10.3 Å². The summed E-state index contributed by atoms with van der Waals surface area (Å²) in [6.45, 7) is 8.14. The molecule has 0 amide bonds. The van der Waals surface area contributed by atoms with Crippen molar-refractivity contribution in [1.82, 2.24) is 14.8 Å². The molecule has 186 valence electrons. The lowest BCUT2D eigenvalue weighted by Crippen LogP contribution is -2.23.